The second-order valence-corrected chi connectivity index (χ2v) is 4.38. The third-order valence-corrected chi connectivity index (χ3v) is 2.96. The molecule has 0 fully saturated rings. The summed E-state index contributed by atoms with van der Waals surface area (Å²) in [6, 6.07) is 4.27. The third-order valence-electron chi connectivity index (χ3n) is 2.96. The number of H-pyrrole nitrogens is 1. The first kappa shape index (κ1) is 14.5. The topological polar surface area (TPSA) is 101 Å². The lowest BCUT2D eigenvalue weighted by atomic mass is 10.1. The van der Waals surface area contributed by atoms with E-state index in [1.54, 1.807) is 19.4 Å². The molecule has 0 atom stereocenters. The molecule has 2 rings (SSSR count). The molecule has 8 nitrogen and oxygen atoms in total. The van der Waals surface area contributed by atoms with Gasteiger partial charge in [0.2, 0.25) is 0 Å². The van der Waals surface area contributed by atoms with Gasteiger partial charge in [0.1, 0.15) is 5.75 Å². The zero-order valence-electron chi connectivity index (χ0n) is 11.6. The molecular formula is C13H14N4O4. The number of amides is 1. The first-order chi connectivity index (χ1) is 10.0. The summed E-state index contributed by atoms with van der Waals surface area (Å²) in [5, 5.41) is 17.5. The lowest BCUT2D eigenvalue weighted by molar-refractivity contribution is -0.385. The number of carbonyl (C=O) groups excluding carboxylic acids is 1. The summed E-state index contributed by atoms with van der Waals surface area (Å²) in [4.78, 5) is 24.4. The molecular weight excluding hydrogens is 276 g/mol. The molecule has 1 amide bonds. The van der Waals surface area contributed by atoms with Gasteiger partial charge in [-0.25, -0.2) is 0 Å². The molecule has 0 radical (unpaired) electrons. The average Bonchev–Trinajstić information content (AvgIpc) is 2.98. The standard InChI is InChI=1S/C13H14N4O4/c1-16(8-9-6-14-15-7-9)13(18)12-10(17(19)20)4-3-5-11(12)21-2/h3-7H,8H2,1-2H3,(H,14,15). The number of aromatic amines is 1. The van der Waals surface area contributed by atoms with E-state index in [2.05, 4.69) is 10.2 Å². The number of hydrogen-bond acceptors (Lipinski definition) is 5. The van der Waals surface area contributed by atoms with Crippen LogP contribution in [-0.2, 0) is 6.54 Å². The maximum Gasteiger partial charge on any atom is 0.285 e. The van der Waals surface area contributed by atoms with Gasteiger partial charge in [0.15, 0.2) is 5.56 Å². The van der Waals surface area contributed by atoms with Gasteiger partial charge in [-0.1, -0.05) is 6.07 Å². The van der Waals surface area contributed by atoms with Crippen LogP contribution in [0.3, 0.4) is 0 Å². The van der Waals surface area contributed by atoms with Gasteiger partial charge in [0.25, 0.3) is 11.6 Å². The van der Waals surface area contributed by atoms with E-state index in [4.69, 9.17) is 4.74 Å². The Morgan fingerprint density at radius 3 is 2.86 bits per heavy atom. The quantitative estimate of drug-likeness (QED) is 0.665. The molecule has 0 spiro atoms. The summed E-state index contributed by atoms with van der Waals surface area (Å²) in [6.45, 7) is 0.282. The summed E-state index contributed by atoms with van der Waals surface area (Å²) in [6.07, 6.45) is 3.24. The van der Waals surface area contributed by atoms with E-state index in [0.29, 0.717) is 0 Å². The van der Waals surface area contributed by atoms with Crippen LogP contribution in [0, 0.1) is 10.1 Å². The third kappa shape index (κ3) is 2.99. The molecule has 0 saturated heterocycles. The van der Waals surface area contributed by atoms with E-state index in [1.807, 2.05) is 0 Å². The van der Waals surface area contributed by atoms with Crippen molar-refractivity contribution in [2.75, 3.05) is 14.2 Å². The number of carbonyl (C=O) groups is 1. The number of nitrogens with zero attached hydrogens (tertiary/aromatic N) is 3. The second-order valence-electron chi connectivity index (χ2n) is 4.38. The van der Waals surface area contributed by atoms with E-state index in [0.717, 1.165) is 5.56 Å². The van der Waals surface area contributed by atoms with Crippen LogP contribution in [-0.4, -0.2) is 40.1 Å². The monoisotopic (exact) mass is 290 g/mol. The van der Waals surface area contributed by atoms with E-state index >= 15 is 0 Å². The van der Waals surface area contributed by atoms with Crippen molar-refractivity contribution in [2.24, 2.45) is 0 Å². The van der Waals surface area contributed by atoms with E-state index < -0.39 is 10.8 Å². The number of benzene rings is 1. The second kappa shape index (κ2) is 6.04. The highest BCUT2D eigenvalue weighted by Crippen LogP contribution is 2.29. The molecule has 110 valence electrons. The van der Waals surface area contributed by atoms with Crippen LogP contribution in [0.1, 0.15) is 15.9 Å². The highest BCUT2D eigenvalue weighted by atomic mass is 16.6. The van der Waals surface area contributed by atoms with Crippen LogP contribution in [0.2, 0.25) is 0 Å². The predicted molar refractivity (Wildman–Crippen MR) is 74.0 cm³/mol. The number of ether oxygens (including phenoxy) is 1. The van der Waals surface area contributed by atoms with Gasteiger partial charge in [0, 0.05) is 31.4 Å². The molecule has 1 aromatic carbocycles. The average molecular weight is 290 g/mol. The number of nitro benzene ring substituents is 1. The molecule has 1 heterocycles. The van der Waals surface area contributed by atoms with Crippen molar-refractivity contribution in [3.05, 3.63) is 51.8 Å². The lowest BCUT2D eigenvalue weighted by Gasteiger charge is -2.17. The van der Waals surface area contributed by atoms with Crippen molar-refractivity contribution in [3.8, 4) is 5.75 Å². The molecule has 0 aliphatic carbocycles. The number of nitro groups is 1. The van der Waals surface area contributed by atoms with Crippen molar-refractivity contribution in [2.45, 2.75) is 6.54 Å². The van der Waals surface area contributed by atoms with Crippen LogP contribution in [0.5, 0.6) is 5.75 Å². The fourth-order valence-corrected chi connectivity index (χ4v) is 1.96. The van der Waals surface area contributed by atoms with Crippen molar-refractivity contribution in [1.82, 2.24) is 15.1 Å². The maximum absolute atomic E-state index is 12.5. The van der Waals surface area contributed by atoms with Gasteiger partial charge in [-0.05, 0) is 6.07 Å². The lowest BCUT2D eigenvalue weighted by Crippen LogP contribution is -2.27. The predicted octanol–water partition coefficient (Wildman–Crippen LogP) is 1.60. The zero-order chi connectivity index (χ0) is 15.4. The minimum atomic E-state index is -0.596. The van der Waals surface area contributed by atoms with Crippen LogP contribution in [0.25, 0.3) is 0 Å². The highest BCUT2D eigenvalue weighted by molar-refractivity contribution is 6.00. The van der Waals surface area contributed by atoms with E-state index in [1.165, 1.54) is 30.2 Å². The first-order valence-electron chi connectivity index (χ1n) is 6.09. The molecule has 0 aliphatic heterocycles. The Morgan fingerprint density at radius 1 is 1.52 bits per heavy atom. The zero-order valence-corrected chi connectivity index (χ0v) is 11.6. The van der Waals surface area contributed by atoms with Crippen molar-refractivity contribution in [3.63, 3.8) is 0 Å². The van der Waals surface area contributed by atoms with Crippen LogP contribution >= 0.6 is 0 Å². The Labute approximate surface area is 120 Å². The molecule has 8 heteroatoms. The summed E-state index contributed by atoms with van der Waals surface area (Å²) in [7, 11) is 2.93. The summed E-state index contributed by atoms with van der Waals surface area (Å²) >= 11 is 0. The number of nitrogens with one attached hydrogen (secondary N) is 1. The molecule has 1 aromatic heterocycles. The Balaban J connectivity index is 2.35. The van der Waals surface area contributed by atoms with Gasteiger partial charge in [-0.2, -0.15) is 5.10 Å². The van der Waals surface area contributed by atoms with Gasteiger partial charge in [-0.3, -0.25) is 20.0 Å². The smallest absolute Gasteiger partial charge is 0.285 e. The molecule has 21 heavy (non-hydrogen) atoms. The van der Waals surface area contributed by atoms with Crippen LogP contribution < -0.4 is 4.74 Å². The molecule has 0 saturated carbocycles. The summed E-state index contributed by atoms with van der Waals surface area (Å²) in [5.41, 5.74) is 0.456. The fourth-order valence-electron chi connectivity index (χ4n) is 1.96. The molecule has 0 unspecified atom stereocenters. The van der Waals surface area contributed by atoms with Crippen molar-refractivity contribution >= 4 is 11.6 Å². The normalized spacial score (nSPS) is 10.2. The SMILES string of the molecule is COc1cccc([N+](=O)[O-])c1C(=O)N(C)Cc1cn[nH]c1. The van der Waals surface area contributed by atoms with E-state index in [9.17, 15) is 14.9 Å². The Kier molecular flexibility index (Phi) is 4.17. The number of aromatic nitrogens is 2. The number of rotatable bonds is 5. The Bertz CT molecular complexity index is 654. The molecule has 0 aliphatic rings. The number of hydrogen-bond donors (Lipinski definition) is 1. The van der Waals surface area contributed by atoms with Crippen LogP contribution in [0.4, 0.5) is 5.69 Å². The van der Waals surface area contributed by atoms with Gasteiger partial charge < -0.3 is 9.64 Å². The highest BCUT2D eigenvalue weighted by Gasteiger charge is 2.27. The molecule has 2 aromatic rings. The molecule has 1 N–H and O–H groups in total. The van der Waals surface area contributed by atoms with Gasteiger partial charge in [0.05, 0.1) is 18.2 Å². The Hall–Kier alpha value is -2.90. The Morgan fingerprint density at radius 2 is 2.29 bits per heavy atom. The minimum Gasteiger partial charge on any atom is -0.496 e. The largest absolute Gasteiger partial charge is 0.496 e. The van der Waals surface area contributed by atoms with Gasteiger partial charge in [-0.15, -0.1) is 0 Å². The maximum atomic E-state index is 12.5. The number of methoxy groups -OCH3 is 1. The van der Waals surface area contributed by atoms with Gasteiger partial charge >= 0.3 is 0 Å². The summed E-state index contributed by atoms with van der Waals surface area (Å²) in [5.74, 6) is -0.311. The minimum absolute atomic E-state index is 0.0593. The van der Waals surface area contributed by atoms with Crippen molar-refractivity contribution < 1.29 is 14.5 Å². The first-order valence-corrected chi connectivity index (χ1v) is 6.09. The fraction of sp³-hybridized carbons (Fsp3) is 0.231. The molecule has 0 bridgehead atoms. The van der Waals surface area contributed by atoms with Crippen molar-refractivity contribution in [1.29, 1.82) is 0 Å². The summed E-state index contributed by atoms with van der Waals surface area (Å²) < 4.78 is 5.07. The van der Waals surface area contributed by atoms with E-state index in [-0.39, 0.29) is 23.5 Å². The van der Waals surface area contributed by atoms with Crippen LogP contribution in [0.15, 0.2) is 30.6 Å².